The topological polar surface area (TPSA) is 57.2 Å². The van der Waals surface area contributed by atoms with Gasteiger partial charge in [0.2, 0.25) is 5.91 Å². The van der Waals surface area contributed by atoms with Crippen molar-refractivity contribution in [3.8, 4) is 0 Å². The predicted octanol–water partition coefficient (Wildman–Crippen LogP) is 1.71. The van der Waals surface area contributed by atoms with E-state index in [4.69, 9.17) is 4.74 Å². The molecule has 142 valence electrons. The summed E-state index contributed by atoms with van der Waals surface area (Å²) < 4.78 is 6.07. The molecule has 1 aliphatic heterocycles. The first-order valence-corrected chi connectivity index (χ1v) is 9.91. The molecule has 1 amide bonds. The van der Waals surface area contributed by atoms with E-state index in [1.807, 2.05) is 37.7 Å². The van der Waals surface area contributed by atoms with Crippen molar-refractivity contribution in [3.63, 3.8) is 0 Å². The Morgan fingerprint density at radius 3 is 2.56 bits per heavy atom. The molecule has 3 fully saturated rings. The Bertz CT molecular complexity index is 512. The first-order valence-electron chi connectivity index (χ1n) is 9.91. The molecule has 6 nitrogen and oxygen atoms in total. The van der Waals surface area contributed by atoms with Crippen molar-refractivity contribution in [1.29, 1.82) is 0 Å². The van der Waals surface area contributed by atoms with Gasteiger partial charge in [-0.3, -0.25) is 9.79 Å². The highest BCUT2D eigenvalue weighted by atomic mass is 16.5. The van der Waals surface area contributed by atoms with Crippen molar-refractivity contribution in [2.24, 2.45) is 16.3 Å². The van der Waals surface area contributed by atoms with Crippen LogP contribution in [0.5, 0.6) is 0 Å². The van der Waals surface area contributed by atoms with Crippen molar-refractivity contribution in [1.82, 2.24) is 15.1 Å². The fourth-order valence-corrected chi connectivity index (χ4v) is 5.34. The minimum atomic E-state index is 0.154. The summed E-state index contributed by atoms with van der Waals surface area (Å²) in [6, 6.07) is 0.437. The molecular weight excluding hydrogens is 316 g/mol. The van der Waals surface area contributed by atoms with Crippen LogP contribution in [-0.4, -0.2) is 74.1 Å². The van der Waals surface area contributed by atoms with Gasteiger partial charge in [0.1, 0.15) is 0 Å². The summed E-state index contributed by atoms with van der Waals surface area (Å²) >= 11 is 0. The molecule has 1 heterocycles. The molecule has 3 unspecified atom stereocenters. The lowest BCUT2D eigenvalue weighted by Crippen LogP contribution is -2.69. The lowest BCUT2D eigenvalue weighted by Gasteiger charge is -2.57. The van der Waals surface area contributed by atoms with Gasteiger partial charge in [-0.1, -0.05) is 12.8 Å². The predicted molar refractivity (Wildman–Crippen MR) is 99.6 cm³/mol. The smallest absolute Gasteiger partial charge is 0.242 e. The van der Waals surface area contributed by atoms with Crippen LogP contribution in [0.4, 0.5) is 0 Å². The number of fused-ring (bicyclic) bond motifs is 2. The summed E-state index contributed by atoms with van der Waals surface area (Å²) in [4.78, 5) is 20.7. The first kappa shape index (κ1) is 18.5. The highest BCUT2D eigenvalue weighted by molar-refractivity contribution is 5.86. The monoisotopic (exact) mass is 350 g/mol. The molecular formula is C19H34N4O2. The van der Waals surface area contributed by atoms with Crippen LogP contribution in [0.15, 0.2) is 4.99 Å². The van der Waals surface area contributed by atoms with Crippen LogP contribution in [0.2, 0.25) is 0 Å². The van der Waals surface area contributed by atoms with Crippen LogP contribution < -0.4 is 5.32 Å². The molecule has 3 rings (SSSR count). The highest BCUT2D eigenvalue weighted by Gasteiger charge is 2.65. The average molecular weight is 351 g/mol. The van der Waals surface area contributed by atoms with Gasteiger partial charge in [-0.2, -0.15) is 0 Å². The number of hydrogen-bond acceptors (Lipinski definition) is 3. The number of likely N-dealkylation sites (N-methyl/N-ethyl adjacent to an activating group) is 2. The number of nitrogens with zero attached hydrogens (tertiary/aromatic N) is 3. The molecule has 0 aromatic heterocycles. The quantitative estimate of drug-likeness (QED) is 0.606. The molecule has 0 aromatic rings. The van der Waals surface area contributed by atoms with Crippen LogP contribution in [0, 0.1) is 11.3 Å². The molecule has 0 radical (unpaired) electrons. The zero-order valence-corrected chi connectivity index (χ0v) is 16.3. The first-order chi connectivity index (χ1) is 12.1. The lowest BCUT2D eigenvalue weighted by atomic mass is 9.54. The minimum Gasteiger partial charge on any atom is -0.377 e. The van der Waals surface area contributed by atoms with Gasteiger partial charge in [0.25, 0.3) is 0 Å². The molecule has 3 aliphatic rings. The summed E-state index contributed by atoms with van der Waals surface area (Å²) in [5.74, 6) is 1.59. The van der Waals surface area contributed by atoms with E-state index in [9.17, 15) is 4.79 Å². The van der Waals surface area contributed by atoms with Gasteiger partial charge in [0, 0.05) is 51.2 Å². The number of aliphatic imine (C=N–C) groups is 1. The molecule has 2 saturated carbocycles. The summed E-state index contributed by atoms with van der Waals surface area (Å²) in [5.41, 5.74) is 0.292. The van der Waals surface area contributed by atoms with E-state index in [0.29, 0.717) is 30.0 Å². The number of carbonyl (C=O) groups is 1. The van der Waals surface area contributed by atoms with E-state index in [-0.39, 0.29) is 5.91 Å². The average Bonchev–Trinajstić information content (AvgIpc) is 3.25. The van der Waals surface area contributed by atoms with Crippen molar-refractivity contribution < 1.29 is 9.53 Å². The van der Waals surface area contributed by atoms with Crippen molar-refractivity contribution >= 4 is 11.9 Å². The SMILES string of the molecule is CCN(CC)C(=O)CN(C)C(=NC)NC1C2CCOC2C12CCCC2. The Hall–Kier alpha value is -1.30. The van der Waals surface area contributed by atoms with Crippen LogP contribution in [-0.2, 0) is 9.53 Å². The third-order valence-corrected chi connectivity index (χ3v) is 6.63. The van der Waals surface area contributed by atoms with E-state index in [1.165, 1.54) is 25.7 Å². The Kier molecular flexibility index (Phi) is 5.56. The Morgan fingerprint density at radius 1 is 1.28 bits per heavy atom. The summed E-state index contributed by atoms with van der Waals surface area (Å²) in [7, 11) is 3.77. The third-order valence-electron chi connectivity index (χ3n) is 6.63. The second-order valence-corrected chi connectivity index (χ2v) is 7.78. The summed E-state index contributed by atoms with van der Waals surface area (Å²) in [5, 5.41) is 3.71. The second kappa shape index (κ2) is 7.52. The molecule has 3 atom stereocenters. The number of carbonyl (C=O) groups excluding carboxylic acids is 1. The summed E-state index contributed by atoms with van der Waals surface area (Å²) in [6.07, 6.45) is 6.70. The van der Waals surface area contributed by atoms with E-state index in [0.717, 1.165) is 32.1 Å². The molecule has 6 heteroatoms. The van der Waals surface area contributed by atoms with Crippen LogP contribution in [0.1, 0.15) is 46.0 Å². The van der Waals surface area contributed by atoms with Crippen LogP contribution >= 0.6 is 0 Å². The number of ether oxygens (including phenoxy) is 1. The number of rotatable bonds is 5. The number of guanidine groups is 1. The molecule has 0 bridgehead atoms. The maximum atomic E-state index is 12.4. The molecule has 25 heavy (non-hydrogen) atoms. The molecule has 1 spiro atoms. The minimum absolute atomic E-state index is 0.154. The normalized spacial score (nSPS) is 30.1. The zero-order valence-electron chi connectivity index (χ0n) is 16.3. The molecule has 0 aromatic carbocycles. The third kappa shape index (κ3) is 3.14. The van der Waals surface area contributed by atoms with E-state index < -0.39 is 0 Å². The number of amides is 1. The van der Waals surface area contributed by atoms with Gasteiger partial charge in [-0.05, 0) is 33.1 Å². The standard InChI is InChI=1S/C19H34N4O2/c1-5-23(6-2)15(24)13-22(4)18(20-3)21-16-14-9-12-25-17(14)19(16)10-7-8-11-19/h14,16-17H,5-13H2,1-4H3,(H,20,21). The second-order valence-electron chi connectivity index (χ2n) is 7.78. The molecule has 2 aliphatic carbocycles. The van der Waals surface area contributed by atoms with Gasteiger partial charge >= 0.3 is 0 Å². The Balaban J connectivity index is 1.64. The number of hydrogen-bond donors (Lipinski definition) is 1. The Morgan fingerprint density at radius 2 is 1.96 bits per heavy atom. The van der Waals surface area contributed by atoms with Gasteiger partial charge in [0.05, 0.1) is 12.6 Å². The maximum Gasteiger partial charge on any atom is 0.242 e. The number of nitrogens with one attached hydrogen (secondary N) is 1. The van der Waals surface area contributed by atoms with Crippen molar-refractivity contribution in [2.45, 2.75) is 58.1 Å². The van der Waals surface area contributed by atoms with Gasteiger partial charge in [-0.15, -0.1) is 0 Å². The van der Waals surface area contributed by atoms with Gasteiger partial charge < -0.3 is 19.9 Å². The van der Waals surface area contributed by atoms with Crippen molar-refractivity contribution in [2.75, 3.05) is 40.3 Å². The Labute approximate surface area is 152 Å². The summed E-state index contributed by atoms with van der Waals surface area (Å²) in [6.45, 7) is 6.81. The van der Waals surface area contributed by atoms with Gasteiger partial charge in [0.15, 0.2) is 5.96 Å². The maximum absolute atomic E-state index is 12.4. The largest absolute Gasteiger partial charge is 0.377 e. The van der Waals surface area contributed by atoms with Gasteiger partial charge in [-0.25, -0.2) is 0 Å². The molecule has 1 saturated heterocycles. The van der Waals surface area contributed by atoms with E-state index >= 15 is 0 Å². The van der Waals surface area contributed by atoms with Crippen molar-refractivity contribution in [3.05, 3.63) is 0 Å². The molecule has 1 N–H and O–H groups in total. The zero-order chi connectivity index (χ0) is 18.0. The lowest BCUT2D eigenvalue weighted by molar-refractivity contribution is -0.131. The van der Waals surface area contributed by atoms with Crippen LogP contribution in [0.25, 0.3) is 0 Å². The van der Waals surface area contributed by atoms with E-state index in [2.05, 4.69) is 10.3 Å². The van der Waals surface area contributed by atoms with E-state index in [1.54, 1.807) is 0 Å². The van der Waals surface area contributed by atoms with Crippen LogP contribution in [0.3, 0.4) is 0 Å². The fraction of sp³-hybridized carbons (Fsp3) is 0.895. The highest BCUT2D eigenvalue weighted by Crippen LogP contribution is 2.60. The fourth-order valence-electron chi connectivity index (χ4n) is 5.34.